The minimum atomic E-state index is 0.401. The average Bonchev–Trinajstić information content (AvgIpc) is 2.85. The van der Waals surface area contributed by atoms with Crippen LogP contribution in [0.3, 0.4) is 0 Å². The van der Waals surface area contributed by atoms with E-state index in [2.05, 4.69) is 30.4 Å². The number of rotatable bonds is 7. The summed E-state index contributed by atoms with van der Waals surface area (Å²) in [5.74, 6) is 1.06. The Bertz CT molecular complexity index is 379. The summed E-state index contributed by atoms with van der Waals surface area (Å²) >= 11 is 0. The van der Waals surface area contributed by atoms with E-state index in [1.165, 1.54) is 11.1 Å². The van der Waals surface area contributed by atoms with Crippen LogP contribution < -0.4 is 10.1 Å². The molecule has 1 aliphatic rings. The second-order valence-electron chi connectivity index (χ2n) is 4.84. The Labute approximate surface area is 109 Å². The molecule has 1 atom stereocenters. The first-order chi connectivity index (χ1) is 8.81. The second kappa shape index (κ2) is 6.76. The van der Waals surface area contributed by atoms with E-state index in [9.17, 15) is 0 Å². The smallest absolute Gasteiger partial charge is 0.122 e. The van der Waals surface area contributed by atoms with Crippen LogP contribution in [0.5, 0.6) is 5.75 Å². The van der Waals surface area contributed by atoms with Crippen molar-refractivity contribution >= 4 is 0 Å². The highest BCUT2D eigenvalue weighted by molar-refractivity contribution is 5.40. The summed E-state index contributed by atoms with van der Waals surface area (Å²) in [6.07, 6.45) is 3.32. The van der Waals surface area contributed by atoms with Crippen LogP contribution >= 0.6 is 0 Å². The lowest BCUT2D eigenvalue weighted by Crippen LogP contribution is -2.20. The van der Waals surface area contributed by atoms with E-state index in [0.29, 0.717) is 6.04 Å². The lowest BCUT2D eigenvalue weighted by molar-refractivity contribution is 0.192. The zero-order chi connectivity index (χ0) is 12.8. The number of methoxy groups -OCH3 is 1. The predicted molar refractivity (Wildman–Crippen MR) is 73.2 cm³/mol. The monoisotopic (exact) mass is 249 g/mol. The van der Waals surface area contributed by atoms with E-state index in [4.69, 9.17) is 9.47 Å². The Balaban J connectivity index is 1.80. The highest BCUT2D eigenvalue weighted by Crippen LogP contribution is 2.27. The molecule has 1 heterocycles. The summed E-state index contributed by atoms with van der Waals surface area (Å²) in [5.41, 5.74) is 2.70. The molecule has 0 amide bonds. The standard InChI is InChI=1S/C15H23NO2/c1-12(16-8-3-4-9-17-2)13-5-6-15-14(11-13)7-10-18-15/h5-6,11-12,16H,3-4,7-10H2,1-2H3. The van der Waals surface area contributed by atoms with Crippen LogP contribution in [0, 0.1) is 0 Å². The summed E-state index contributed by atoms with van der Waals surface area (Å²) in [7, 11) is 1.75. The molecule has 3 heteroatoms. The first kappa shape index (κ1) is 13.4. The predicted octanol–water partition coefficient (Wildman–Crippen LogP) is 2.70. The Morgan fingerprint density at radius 1 is 1.39 bits per heavy atom. The van der Waals surface area contributed by atoms with E-state index in [0.717, 1.165) is 44.8 Å². The van der Waals surface area contributed by atoms with Crippen LogP contribution in [0.4, 0.5) is 0 Å². The zero-order valence-electron chi connectivity index (χ0n) is 11.4. The van der Waals surface area contributed by atoms with Gasteiger partial charge in [-0.1, -0.05) is 12.1 Å². The number of hydrogen-bond acceptors (Lipinski definition) is 3. The highest BCUT2D eigenvalue weighted by Gasteiger charge is 2.14. The van der Waals surface area contributed by atoms with Crippen LogP contribution in [0.25, 0.3) is 0 Å². The Morgan fingerprint density at radius 2 is 2.28 bits per heavy atom. The summed E-state index contributed by atoms with van der Waals surface area (Å²) in [5, 5.41) is 3.55. The Kier molecular flexibility index (Phi) is 5.02. The van der Waals surface area contributed by atoms with Gasteiger partial charge < -0.3 is 14.8 Å². The van der Waals surface area contributed by atoms with Gasteiger partial charge in [0.1, 0.15) is 5.75 Å². The molecule has 1 aromatic rings. The van der Waals surface area contributed by atoms with Gasteiger partial charge in [0.2, 0.25) is 0 Å². The lowest BCUT2D eigenvalue weighted by atomic mass is 10.0. The fraction of sp³-hybridized carbons (Fsp3) is 0.600. The third kappa shape index (κ3) is 3.47. The molecular formula is C15H23NO2. The third-order valence-corrected chi connectivity index (χ3v) is 3.44. The molecule has 1 unspecified atom stereocenters. The van der Waals surface area contributed by atoms with Crippen molar-refractivity contribution < 1.29 is 9.47 Å². The first-order valence-electron chi connectivity index (χ1n) is 6.79. The van der Waals surface area contributed by atoms with E-state index in [1.54, 1.807) is 7.11 Å². The number of unbranched alkanes of at least 4 members (excludes halogenated alkanes) is 1. The van der Waals surface area contributed by atoms with Gasteiger partial charge >= 0.3 is 0 Å². The van der Waals surface area contributed by atoms with Gasteiger partial charge in [-0.15, -0.1) is 0 Å². The molecule has 0 aromatic heterocycles. The van der Waals surface area contributed by atoms with Gasteiger partial charge in [-0.05, 0) is 43.5 Å². The second-order valence-corrected chi connectivity index (χ2v) is 4.84. The van der Waals surface area contributed by atoms with Crippen LogP contribution in [-0.4, -0.2) is 26.9 Å². The maximum atomic E-state index is 5.52. The topological polar surface area (TPSA) is 30.5 Å². The van der Waals surface area contributed by atoms with Crippen molar-refractivity contribution in [2.75, 3.05) is 26.9 Å². The van der Waals surface area contributed by atoms with Gasteiger partial charge in [0.25, 0.3) is 0 Å². The summed E-state index contributed by atoms with van der Waals surface area (Å²) in [6, 6.07) is 6.94. The van der Waals surface area contributed by atoms with Crippen LogP contribution in [-0.2, 0) is 11.2 Å². The molecule has 2 rings (SSSR count). The Hall–Kier alpha value is -1.06. The average molecular weight is 249 g/mol. The van der Waals surface area contributed by atoms with Gasteiger partial charge in [-0.3, -0.25) is 0 Å². The normalized spacial score (nSPS) is 15.2. The molecule has 0 saturated carbocycles. The number of ether oxygens (including phenoxy) is 2. The summed E-state index contributed by atoms with van der Waals surface area (Å²) in [6.45, 7) is 4.94. The van der Waals surface area contributed by atoms with Crippen LogP contribution in [0.2, 0.25) is 0 Å². The van der Waals surface area contributed by atoms with E-state index in [-0.39, 0.29) is 0 Å². The summed E-state index contributed by atoms with van der Waals surface area (Å²) < 4.78 is 10.6. The largest absolute Gasteiger partial charge is 0.493 e. The molecule has 0 spiro atoms. The van der Waals surface area contributed by atoms with Crippen molar-refractivity contribution in [2.24, 2.45) is 0 Å². The number of hydrogen-bond donors (Lipinski definition) is 1. The molecule has 0 aliphatic carbocycles. The maximum absolute atomic E-state index is 5.52. The molecule has 3 nitrogen and oxygen atoms in total. The molecule has 0 radical (unpaired) electrons. The van der Waals surface area contributed by atoms with Gasteiger partial charge in [-0.2, -0.15) is 0 Å². The number of benzene rings is 1. The third-order valence-electron chi connectivity index (χ3n) is 3.44. The van der Waals surface area contributed by atoms with Crippen molar-refractivity contribution in [1.29, 1.82) is 0 Å². The first-order valence-corrected chi connectivity index (χ1v) is 6.79. The molecule has 1 aliphatic heterocycles. The van der Waals surface area contributed by atoms with E-state index >= 15 is 0 Å². The fourth-order valence-electron chi connectivity index (χ4n) is 2.28. The minimum absolute atomic E-state index is 0.401. The molecule has 0 fully saturated rings. The van der Waals surface area contributed by atoms with Crippen molar-refractivity contribution in [3.8, 4) is 5.75 Å². The minimum Gasteiger partial charge on any atom is -0.493 e. The van der Waals surface area contributed by atoms with E-state index < -0.39 is 0 Å². The zero-order valence-corrected chi connectivity index (χ0v) is 11.4. The fourth-order valence-corrected chi connectivity index (χ4v) is 2.28. The lowest BCUT2D eigenvalue weighted by Gasteiger charge is -2.15. The molecule has 1 N–H and O–H groups in total. The number of nitrogens with one attached hydrogen (secondary N) is 1. The molecule has 0 bridgehead atoms. The van der Waals surface area contributed by atoms with Crippen molar-refractivity contribution in [2.45, 2.75) is 32.2 Å². The summed E-state index contributed by atoms with van der Waals surface area (Å²) in [4.78, 5) is 0. The van der Waals surface area contributed by atoms with Crippen LogP contribution in [0.1, 0.15) is 36.9 Å². The van der Waals surface area contributed by atoms with Crippen molar-refractivity contribution in [1.82, 2.24) is 5.32 Å². The molecule has 1 aromatic carbocycles. The maximum Gasteiger partial charge on any atom is 0.122 e. The number of fused-ring (bicyclic) bond motifs is 1. The van der Waals surface area contributed by atoms with Gasteiger partial charge in [-0.25, -0.2) is 0 Å². The molecule has 18 heavy (non-hydrogen) atoms. The van der Waals surface area contributed by atoms with Gasteiger partial charge in [0.15, 0.2) is 0 Å². The quantitative estimate of drug-likeness (QED) is 0.754. The highest BCUT2D eigenvalue weighted by atomic mass is 16.5. The van der Waals surface area contributed by atoms with Gasteiger partial charge in [0, 0.05) is 26.2 Å². The SMILES string of the molecule is COCCCCNC(C)c1ccc2c(c1)CCO2. The molecular weight excluding hydrogens is 226 g/mol. The van der Waals surface area contributed by atoms with Gasteiger partial charge in [0.05, 0.1) is 6.61 Å². The Morgan fingerprint density at radius 3 is 3.11 bits per heavy atom. The van der Waals surface area contributed by atoms with Crippen molar-refractivity contribution in [3.05, 3.63) is 29.3 Å². The molecule has 0 saturated heterocycles. The van der Waals surface area contributed by atoms with Crippen LogP contribution in [0.15, 0.2) is 18.2 Å². The molecule has 100 valence electrons. The van der Waals surface area contributed by atoms with Crippen molar-refractivity contribution in [3.63, 3.8) is 0 Å². The van der Waals surface area contributed by atoms with E-state index in [1.807, 2.05) is 0 Å².